The van der Waals surface area contributed by atoms with Crippen molar-refractivity contribution in [3.63, 3.8) is 0 Å². The summed E-state index contributed by atoms with van der Waals surface area (Å²) in [6.45, 7) is 7.44. The minimum atomic E-state index is -1.94. The van der Waals surface area contributed by atoms with Gasteiger partial charge in [0.2, 0.25) is 12.2 Å². The molecule has 0 aromatic heterocycles. The van der Waals surface area contributed by atoms with Crippen LogP contribution in [-0.2, 0) is 47.7 Å². The van der Waals surface area contributed by atoms with E-state index in [-0.39, 0.29) is 0 Å². The Labute approximate surface area is 231 Å². The molecule has 12 heteroatoms. The fraction of sp³-hybridized carbons (Fsp3) is 0.357. The summed E-state index contributed by atoms with van der Waals surface area (Å²) >= 11 is 0. The van der Waals surface area contributed by atoms with Crippen molar-refractivity contribution in [2.45, 2.75) is 66.0 Å². The molecule has 0 aliphatic heterocycles. The number of carbonyl (C=O) groups is 6. The molecule has 0 aliphatic carbocycles. The Balaban J connectivity index is 2.62. The van der Waals surface area contributed by atoms with Crippen molar-refractivity contribution in [1.29, 1.82) is 0 Å². The second-order valence-electron chi connectivity index (χ2n) is 8.82. The van der Waals surface area contributed by atoms with Gasteiger partial charge in [-0.25, -0.2) is 0 Å². The lowest BCUT2D eigenvalue weighted by molar-refractivity contribution is -0.198. The molecule has 0 saturated heterocycles. The normalized spacial score (nSPS) is 13.4. The van der Waals surface area contributed by atoms with Gasteiger partial charge >= 0.3 is 23.9 Å². The van der Waals surface area contributed by atoms with Crippen molar-refractivity contribution in [3.8, 4) is 0 Å². The average molecular weight is 557 g/mol. The Kier molecular flexibility index (Phi) is 11.4. The van der Waals surface area contributed by atoms with Crippen molar-refractivity contribution >= 4 is 47.1 Å². The van der Waals surface area contributed by atoms with Crippen LogP contribution in [0.1, 0.15) is 38.8 Å². The Morgan fingerprint density at radius 1 is 0.525 bits per heavy atom. The molecule has 0 unspecified atom stereocenters. The van der Waals surface area contributed by atoms with Gasteiger partial charge in [-0.05, 0) is 37.1 Å². The SMILES string of the molecule is CC(=O)O[C@H]([C@H](OC(C)=O)[C@@H](OC(C)=O)C(=O)Nc1ccccc1C)[C@H](OC(C)=O)C(=O)Nc1ccccc1C. The first-order valence-corrected chi connectivity index (χ1v) is 12.2. The summed E-state index contributed by atoms with van der Waals surface area (Å²) in [5.74, 6) is -5.76. The van der Waals surface area contributed by atoms with Gasteiger partial charge in [-0.3, -0.25) is 28.8 Å². The zero-order chi connectivity index (χ0) is 30.0. The lowest BCUT2D eigenvalue weighted by atomic mass is 9.99. The number of hydrogen-bond donors (Lipinski definition) is 2. The first-order valence-electron chi connectivity index (χ1n) is 12.2. The quantitative estimate of drug-likeness (QED) is 0.311. The number of aryl methyl sites for hydroxylation is 2. The van der Waals surface area contributed by atoms with Gasteiger partial charge in [-0.2, -0.15) is 0 Å². The molecule has 214 valence electrons. The Morgan fingerprint density at radius 3 is 1.10 bits per heavy atom. The summed E-state index contributed by atoms with van der Waals surface area (Å²) < 4.78 is 21.1. The summed E-state index contributed by atoms with van der Waals surface area (Å²) in [5.41, 5.74) is 2.02. The minimum Gasteiger partial charge on any atom is -0.454 e. The van der Waals surface area contributed by atoms with E-state index in [0.29, 0.717) is 22.5 Å². The van der Waals surface area contributed by atoms with E-state index in [0.717, 1.165) is 27.7 Å². The van der Waals surface area contributed by atoms with Crippen LogP contribution < -0.4 is 10.6 Å². The van der Waals surface area contributed by atoms with Crippen LogP contribution in [0.25, 0.3) is 0 Å². The molecule has 0 fully saturated rings. The highest BCUT2D eigenvalue weighted by atomic mass is 16.6. The molecule has 0 aliphatic rings. The van der Waals surface area contributed by atoms with Gasteiger partial charge in [-0.15, -0.1) is 0 Å². The molecular weight excluding hydrogens is 524 g/mol. The number of para-hydroxylation sites is 2. The topological polar surface area (TPSA) is 163 Å². The van der Waals surface area contributed by atoms with Gasteiger partial charge in [0.15, 0.2) is 12.2 Å². The van der Waals surface area contributed by atoms with E-state index in [1.165, 1.54) is 0 Å². The maximum atomic E-state index is 13.4. The number of amides is 2. The van der Waals surface area contributed by atoms with Crippen LogP contribution in [0.4, 0.5) is 11.4 Å². The van der Waals surface area contributed by atoms with E-state index in [9.17, 15) is 28.8 Å². The van der Waals surface area contributed by atoms with Crippen LogP contribution in [0.5, 0.6) is 0 Å². The lowest BCUT2D eigenvalue weighted by Gasteiger charge is -2.34. The number of anilines is 2. The Hall–Kier alpha value is -4.74. The van der Waals surface area contributed by atoms with Crippen LogP contribution >= 0.6 is 0 Å². The van der Waals surface area contributed by atoms with Gasteiger partial charge in [0, 0.05) is 39.1 Å². The third kappa shape index (κ3) is 9.22. The highest BCUT2D eigenvalue weighted by Gasteiger charge is 2.49. The predicted molar refractivity (Wildman–Crippen MR) is 142 cm³/mol. The van der Waals surface area contributed by atoms with Crippen LogP contribution in [-0.4, -0.2) is 60.1 Å². The molecule has 0 heterocycles. The fourth-order valence-electron chi connectivity index (χ4n) is 3.72. The molecule has 12 nitrogen and oxygen atoms in total. The summed E-state index contributed by atoms with van der Waals surface area (Å²) in [6, 6.07) is 13.4. The van der Waals surface area contributed by atoms with E-state index >= 15 is 0 Å². The molecule has 2 N–H and O–H groups in total. The largest absolute Gasteiger partial charge is 0.454 e. The van der Waals surface area contributed by atoms with Crippen LogP contribution in [0.15, 0.2) is 48.5 Å². The zero-order valence-corrected chi connectivity index (χ0v) is 23.0. The number of esters is 4. The lowest BCUT2D eigenvalue weighted by Crippen LogP contribution is -2.57. The van der Waals surface area contributed by atoms with Crippen molar-refractivity contribution in [2.75, 3.05) is 10.6 Å². The molecule has 2 rings (SSSR count). The van der Waals surface area contributed by atoms with Crippen LogP contribution in [0.3, 0.4) is 0 Å². The molecular formula is C28H32N2O10. The smallest absolute Gasteiger partial charge is 0.303 e. The van der Waals surface area contributed by atoms with Gasteiger partial charge in [0.05, 0.1) is 0 Å². The monoisotopic (exact) mass is 556 g/mol. The third-order valence-electron chi connectivity index (χ3n) is 5.43. The summed E-state index contributed by atoms with van der Waals surface area (Å²) in [4.78, 5) is 75.3. The van der Waals surface area contributed by atoms with E-state index in [1.54, 1.807) is 62.4 Å². The van der Waals surface area contributed by atoms with Gasteiger partial charge in [0.25, 0.3) is 11.8 Å². The summed E-state index contributed by atoms with van der Waals surface area (Å²) in [7, 11) is 0. The minimum absolute atomic E-state index is 0.351. The number of carbonyl (C=O) groups excluding carboxylic acids is 6. The second kappa shape index (κ2) is 14.4. The number of benzene rings is 2. The maximum Gasteiger partial charge on any atom is 0.303 e. The van der Waals surface area contributed by atoms with Crippen molar-refractivity contribution in [2.24, 2.45) is 0 Å². The average Bonchev–Trinajstić information content (AvgIpc) is 2.85. The summed E-state index contributed by atoms with van der Waals surface area (Å²) in [5, 5.41) is 5.16. The van der Waals surface area contributed by atoms with E-state index in [2.05, 4.69) is 10.6 Å². The van der Waals surface area contributed by atoms with Crippen molar-refractivity contribution in [3.05, 3.63) is 59.7 Å². The van der Waals surface area contributed by atoms with Crippen LogP contribution in [0.2, 0.25) is 0 Å². The zero-order valence-electron chi connectivity index (χ0n) is 23.0. The number of rotatable bonds is 11. The molecule has 0 saturated carbocycles. The first kappa shape index (κ1) is 31.5. The molecule has 2 amide bonds. The molecule has 2 aromatic carbocycles. The second-order valence-corrected chi connectivity index (χ2v) is 8.82. The van der Waals surface area contributed by atoms with Gasteiger partial charge in [0.1, 0.15) is 0 Å². The van der Waals surface area contributed by atoms with E-state index in [4.69, 9.17) is 18.9 Å². The highest BCUT2D eigenvalue weighted by Crippen LogP contribution is 2.24. The van der Waals surface area contributed by atoms with Gasteiger partial charge < -0.3 is 29.6 Å². The molecule has 0 radical (unpaired) electrons. The van der Waals surface area contributed by atoms with Gasteiger partial charge in [-0.1, -0.05) is 36.4 Å². The fourth-order valence-corrected chi connectivity index (χ4v) is 3.72. The summed E-state index contributed by atoms with van der Waals surface area (Å²) in [6.07, 6.45) is -7.70. The predicted octanol–water partition coefficient (Wildman–Crippen LogP) is 2.61. The number of nitrogens with one attached hydrogen (secondary N) is 2. The standard InChI is InChI=1S/C28H32N2O10/c1-15-11-7-9-13-21(15)29-27(35)25(39-19(5)33)23(37-17(3)31)24(38-18(4)32)26(40-20(6)34)28(36)30-22-14-10-8-12-16(22)2/h7-14,23-26H,1-6H3,(H,29,35)(H,30,36)/t23-,24+,25+,26-. The highest BCUT2D eigenvalue weighted by molar-refractivity contribution is 5.98. The van der Waals surface area contributed by atoms with Crippen LogP contribution in [0, 0.1) is 13.8 Å². The Morgan fingerprint density at radius 2 is 0.825 bits per heavy atom. The Bertz CT molecular complexity index is 1180. The van der Waals surface area contributed by atoms with E-state index in [1.807, 2.05) is 0 Å². The maximum absolute atomic E-state index is 13.4. The number of ether oxygens (including phenoxy) is 4. The first-order chi connectivity index (χ1) is 18.8. The van der Waals surface area contributed by atoms with E-state index < -0.39 is 60.1 Å². The molecule has 40 heavy (non-hydrogen) atoms. The molecule has 2 aromatic rings. The molecule has 0 bridgehead atoms. The number of hydrogen-bond acceptors (Lipinski definition) is 10. The molecule has 4 atom stereocenters. The third-order valence-corrected chi connectivity index (χ3v) is 5.43. The van der Waals surface area contributed by atoms with Crippen molar-refractivity contribution in [1.82, 2.24) is 0 Å². The van der Waals surface area contributed by atoms with Crippen molar-refractivity contribution < 1.29 is 47.7 Å². The molecule has 0 spiro atoms.